The predicted molar refractivity (Wildman–Crippen MR) is 108 cm³/mol. The molecule has 2 aromatic carbocycles. The average Bonchev–Trinajstić information content (AvgIpc) is 3.02. The molecule has 0 unspecified atom stereocenters. The lowest BCUT2D eigenvalue weighted by atomic mass is 10.2. The number of aromatic nitrogens is 4. The lowest BCUT2D eigenvalue weighted by Crippen LogP contribution is -2.29. The monoisotopic (exact) mass is 373 g/mol. The molecule has 4 aromatic rings. The van der Waals surface area contributed by atoms with E-state index in [4.69, 9.17) is 0 Å². The van der Waals surface area contributed by atoms with Crippen molar-refractivity contribution >= 4 is 22.4 Å². The SMILES string of the molecule is Cc1cc(C)n(-c2ccccc2NC(=O)Cn2ncc3ccccc3c2=O)n1. The summed E-state index contributed by atoms with van der Waals surface area (Å²) in [6, 6.07) is 16.6. The van der Waals surface area contributed by atoms with Crippen molar-refractivity contribution in [1.29, 1.82) is 0 Å². The summed E-state index contributed by atoms with van der Waals surface area (Å²) in [6.45, 7) is 3.70. The Morgan fingerprint density at radius 2 is 1.82 bits per heavy atom. The number of fused-ring (bicyclic) bond motifs is 1. The highest BCUT2D eigenvalue weighted by Gasteiger charge is 2.13. The first-order chi connectivity index (χ1) is 13.5. The lowest BCUT2D eigenvalue weighted by molar-refractivity contribution is -0.117. The van der Waals surface area contributed by atoms with Crippen LogP contribution in [0, 0.1) is 13.8 Å². The third kappa shape index (κ3) is 3.29. The van der Waals surface area contributed by atoms with Crippen molar-refractivity contribution in [3.05, 3.63) is 82.5 Å². The van der Waals surface area contributed by atoms with E-state index < -0.39 is 0 Å². The van der Waals surface area contributed by atoms with Gasteiger partial charge in [0.2, 0.25) is 5.91 Å². The summed E-state index contributed by atoms with van der Waals surface area (Å²) in [4.78, 5) is 25.2. The van der Waals surface area contributed by atoms with Gasteiger partial charge in [0.05, 0.1) is 28.7 Å². The summed E-state index contributed by atoms with van der Waals surface area (Å²) >= 11 is 0. The maximum absolute atomic E-state index is 12.6. The molecule has 0 radical (unpaired) electrons. The zero-order chi connectivity index (χ0) is 19.7. The quantitative estimate of drug-likeness (QED) is 0.596. The Kier molecular flexibility index (Phi) is 4.49. The highest BCUT2D eigenvalue weighted by atomic mass is 16.2. The molecular weight excluding hydrogens is 354 g/mol. The van der Waals surface area contributed by atoms with Crippen molar-refractivity contribution < 1.29 is 4.79 Å². The fourth-order valence-corrected chi connectivity index (χ4v) is 3.20. The zero-order valence-electron chi connectivity index (χ0n) is 15.6. The second-order valence-electron chi connectivity index (χ2n) is 6.60. The number of carbonyl (C=O) groups excluding carboxylic acids is 1. The fraction of sp³-hybridized carbons (Fsp3) is 0.143. The van der Waals surface area contributed by atoms with Gasteiger partial charge in [-0.1, -0.05) is 30.3 Å². The van der Waals surface area contributed by atoms with Crippen molar-refractivity contribution in [3.8, 4) is 5.69 Å². The molecule has 0 saturated heterocycles. The van der Waals surface area contributed by atoms with Crippen LogP contribution in [-0.4, -0.2) is 25.5 Å². The third-order valence-corrected chi connectivity index (χ3v) is 4.47. The minimum absolute atomic E-state index is 0.172. The topological polar surface area (TPSA) is 81.8 Å². The van der Waals surface area contributed by atoms with E-state index in [2.05, 4.69) is 15.5 Å². The molecule has 1 amide bonds. The Morgan fingerprint density at radius 1 is 1.07 bits per heavy atom. The molecule has 4 rings (SSSR count). The Balaban J connectivity index is 1.61. The van der Waals surface area contributed by atoms with E-state index in [9.17, 15) is 9.59 Å². The van der Waals surface area contributed by atoms with Gasteiger partial charge in [-0.25, -0.2) is 9.36 Å². The zero-order valence-corrected chi connectivity index (χ0v) is 15.6. The van der Waals surface area contributed by atoms with Crippen LogP contribution in [0.5, 0.6) is 0 Å². The van der Waals surface area contributed by atoms with E-state index >= 15 is 0 Å². The van der Waals surface area contributed by atoms with E-state index in [1.807, 2.05) is 50.2 Å². The van der Waals surface area contributed by atoms with Crippen LogP contribution in [0.25, 0.3) is 16.5 Å². The van der Waals surface area contributed by atoms with Gasteiger partial charge in [-0.2, -0.15) is 10.2 Å². The van der Waals surface area contributed by atoms with Crippen LogP contribution in [0.2, 0.25) is 0 Å². The molecule has 140 valence electrons. The highest BCUT2D eigenvalue weighted by molar-refractivity contribution is 5.92. The Hall–Kier alpha value is -3.74. The second kappa shape index (κ2) is 7.11. The van der Waals surface area contributed by atoms with Crippen molar-refractivity contribution in [2.75, 3.05) is 5.32 Å². The summed E-state index contributed by atoms with van der Waals surface area (Å²) in [7, 11) is 0. The van der Waals surface area contributed by atoms with Gasteiger partial charge in [0.1, 0.15) is 6.54 Å². The molecule has 0 fully saturated rings. The van der Waals surface area contributed by atoms with Crippen molar-refractivity contribution in [2.45, 2.75) is 20.4 Å². The van der Waals surface area contributed by atoms with Crippen molar-refractivity contribution in [3.63, 3.8) is 0 Å². The number of hydrogen-bond acceptors (Lipinski definition) is 4. The van der Waals surface area contributed by atoms with Crippen LogP contribution < -0.4 is 10.9 Å². The summed E-state index contributed by atoms with van der Waals surface area (Å²) in [5.74, 6) is -0.334. The van der Waals surface area contributed by atoms with E-state index in [1.165, 1.54) is 4.68 Å². The summed E-state index contributed by atoms with van der Waals surface area (Å²) in [5, 5.41) is 12.7. The molecule has 0 saturated carbocycles. The summed E-state index contributed by atoms with van der Waals surface area (Å²) < 4.78 is 2.95. The third-order valence-electron chi connectivity index (χ3n) is 4.47. The number of nitrogens with one attached hydrogen (secondary N) is 1. The highest BCUT2D eigenvalue weighted by Crippen LogP contribution is 2.21. The number of hydrogen-bond donors (Lipinski definition) is 1. The largest absolute Gasteiger partial charge is 0.323 e. The van der Waals surface area contributed by atoms with Gasteiger partial charge in [-0.3, -0.25) is 9.59 Å². The van der Waals surface area contributed by atoms with Crippen LogP contribution in [0.4, 0.5) is 5.69 Å². The molecule has 0 spiro atoms. The van der Waals surface area contributed by atoms with Gasteiger partial charge in [-0.05, 0) is 38.1 Å². The van der Waals surface area contributed by atoms with Gasteiger partial charge < -0.3 is 5.32 Å². The molecule has 7 heteroatoms. The first-order valence-electron chi connectivity index (χ1n) is 8.90. The predicted octanol–water partition coefficient (Wildman–Crippen LogP) is 2.84. The number of amides is 1. The molecule has 0 bridgehead atoms. The molecule has 0 aliphatic carbocycles. The molecule has 0 atom stereocenters. The number of benzene rings is 2. The van der Waals surface area contributed by atoms with E-state index in [-0.39, 0.29) is 18.0 Å². The molecule has 0 aliphatic heterocycles. The molecule has 1 N–H and O–H groups in total. The van der Waals surface area contributed by atoms with E-state index in [0.717, 1.165) is 22.5 Å². The normalized spacial score (nSPS) is 10.9. The average molecular weight is 373 g/mol. The first-order valence-corrected chi connectivity index (χ1v) is 8.90. The first kappa shape index (κ1) is 17.7. The Labute approximate surface area is 161 Å². The molecule has 7 nitrogen and oxygen atoms in total. The maximum atomic E-state index is 12.6. The molecular formula is C21H19N5O2. The van der Waals surface area contributed by atoms with Gasteiger partial charge in [0.25, 0.3) is 5.56 Å². The van der Waals surface area contributed by atoms with Crippen LogP contribution >= 0.6 is 0 Å². The van der Waals surface area contributed by atoms with E-state index in [0.29, 0.717) is 11.1 Å². The smallest absolute Gasteiger partial charge is 0.275 e. The summed E-state index contributed by atoms with van der Waals surface area (Å²) in [6.07, 6.45) is 1.59. The number of anilines is 1. The standard InChI is InChI=1S/C21H19N5O2/c1-14-11-15(2)26(24-14)19-10-6-5-9-18(19)23-20(27)13-25-21(28)17-8-4-3-7-16(17)12-22-25/h3-12H,13H2,1-2H3,(H,23,27). The minimum Gasteiger partial charge on any atom is -0.323 e. The van der Waals surface area contributed by atoms with E-state index in [1.54, 1.807) is 29.1 Å². The number of nitrogens with zero attached hydrogens (tertiary/aromatic N) is 4. The van der Waals surface area contributed by atoms with Crippen molar-refractivity contribution in [1.82, 2.24) is 19.6 Å². The van der Waals surface area contributed by atoms with Crippen LogP contribution in [-0.2, 0) is 11.3 Å². The van der Waals surface area contributed by atoms with Crippen LogP contribution in [0.3, 0.4) is 0 Å². The van der Waals surface area contributed by atoms with Gasteiger partial charge >= 0.3 is 0 Å². The van der Waals surface area contributed by atoms with Gasteiger partial charge in [-0.15, -0.1) is 0 Å². The van der Waals surface area contributed by atoms with Crippen LogP contribution in [0.1, 0.15) is 11.4 Å². The molecule has 0 aliphatic rings. The lowest BCUT2D eigenvalue weighted by Gasteiger charge is -2.13. The van der Waals surface area contributed by atoms with Crippen LogP contribution in [0.15, 0.2) is 65.6 Å². The Morgan fingerprint density at radius 3 is 2.61 bits per heavy atom. The number of rotatable bonds is 4. The Bertz CT molecular complexity index is 1240. The number of carbonyl (C=O) groups is 1. The fourth-order valence-electron chi connectivity index (χ4n) is 3.20. The second-order valence-corrected chi connectivity index (χ2v) is 6.60. The van der Waals surface area contributed by atoms with Gasteiger partial charge in [0.15, 0.2) is 0 Å². The molecule has 2 aromatic heterocycles. The molecule has 28 heavy (non-hydrogen) atoms. The maximum Gasteiger partial charge on any atom is 0.275 e. The minimum atomic E-state index is -0.334. The molecule has 2 heterocycles. The van der Waals surface area contributed by atoms with Crippen molar-refractivity contribution in [2.24, 2.45) is 0 Å². The summed E-state index contributed by atoms with van der Waals surface area (Å²) in [5.41, 5.74) is 2.95. The number of para-hydroxylation sites is 2. The van der Waals surface area contributed by atoms with Gasteiger partial charge in [0, 0.05) is 11.1 Å². The number of aryl methyl sites for hydroxylation is 2.